The Labute approximate surface area is 129 Å². The van der Waals surface area contributed by atoms with E-state index in [1.165, 1.54) is 7.11 Å². The van der Waals surface area contributed by atoms with E-state index in [0.717, 1.165) is 0 Å². The van der Waals surface area contributed by atoms with E-state index in [1.54, 1.807) is 43.3 Å². The van der Waals surface area contributed by atoms with E-state index in [-0.39, 0.29) is 24.7 Å². The lowest BCUT2D eigenvalue weighted by Gasteiger charge is -2.17. The second-order valence-corrected chi connectivity index (χ2v) is 5.10. The van der Waals surface area contributed by atoms with Gasteiger partial charge in [0.2, 0.25) is 5.91 Å². The van der Waals surface area contributed by atoms with Gasteiger partial charge in [-0.05, 0) is 26.2 Å². The van der Waals surface area contributed by atoms with Gasteiger partial charge in [0.05, 0.1) is 13.7 Å². The molecule has 1 amide bonds. The van der Waals surface area contributed by atoms with Crippen molar-refractivity contribution in [3.63, 3.8) is 0 Å². The number of nitrogens with one attached hydrogen (secondary N) is 1. The molecule has 0 saturated heterocycles. The Morgan fingerprint density at radius 1 is 1.27 bits per heavy atom. The number of hydrogen-bond donors (Lipinski definition) is 2. The summed E-state index contributed by atoms with van der Waals surface area (Å²) in [6.07, 6.45) is -0.208. The van der Waals surface area contributed by atoms with Crippen LogP contribution in [-0.4, -0.2) is 56.4 Å². The maximum atomic E-state index is 12.3. The summed E-state index contributed by atoms with van der Waals surface area (Å²) in [5, 5.41) is 2.50. The van der Waals surface area contributed by atoms with Crippen molar-refractivity contribution in [3.8, 4) is 0 Å². The largest absolute Gasteiger partial charge is 0.467 e. The van der Waals surface area contributed by atoms with Gasteiger partial charge in [-0.15, -0.1) is 0 Å². The number of nitrogens with two attached hydrogens (primary N) is 1. The Balaban J connectivity index is 2.81. The highest BCUT2D eigenvalue weighted by molar-refractivity contribution is 6.03. The summed E-state index contributed by atoms with van der Waals surface area (Å²) in [5.41, 5.74) is 6.39. The highest BCUT2D eigenvalue weighted by Gasteiger charge is 2.25. The van der Waals surface area contributed by atoms with Gasteiger partial charge in [0.25, 0.3) is 0 Å². The number of ketones is 1. The first kappa shape index (κ1) is 17.6. The predicted octanol–water partition coefficient (Wildman–Crippen LogP) is 0.0610. The van der Waals surface area contributed by atoms with Crippen LogP contribution in [0.4, 0.5) is 5.69 Å². The van der Waals surface area contributed by atoms with Crippen LogP contribution in [0.25, 0.3) is 0 Å². The second kappa shape index (κ2) is 8.14. The normalized spacial score (nSPS) is 11.8. The molecular formula is C15H21N3O4. The molecule has 7 nitrogen and oxygen atoms in total. The van der Waals surface area contributed by atoms with E-state index in [2.05, 4.69) is 10.1 Å². The minimum absolute atomic E-state index is 0.106. The molecule has 0 aromatic heterocycles. The predicted molar refractivity (Wildman–Crippen MR) is 82.3 cm³/mol. The molecule has 0 aliphatic heterocycles. The van der Waals surface area contributed by atoms with Gasteiger partial charge >= 0.3 is 5.97 Å². The molecule has 0 aliphatic carbocycles. The number of para-hydroxylation sites is 1. The maximum Gasteiger partial charge on any atom is 0.328 e. The summed E-state index contributed by atoms with van der Waals surface area (Å²) in [6.45, 7) is 0.106. The zero-order valence-corrected chi connectivity index (χ0v) is 13.0. The number of likely N-dealkylation sites (N-methyl/N-ethyl adjacent to an activating group) is 1. The van der Waals surface area contributed by atoms with Crippen LogP contribution >= 0.6 is 0 Å². The average molecular weight is 307 g/mol. The molecule has 1 atom stereocenters. The average Bonchev–Trinajstić information content (AvgIpc) is 2.45. The highest BCUT2D eigenvalue weighted by Crippen LogP contribution is 2.14. The SMILES string of the molecule is COC(=O)C(CC(=O)c1ccccc1N)NC(=O)CN(C)C. The van der Waals surface area contributed by atoms with Crippen molar-refractivity contribution >= 4 is 23.3 Å². The maximum absolute atomic E-state index is 12.3. The van der Waals surface area contributed by atoms with Crippen molar-refractivity contribution in [2.24, 2.45) is 0 Å². The van der Waals surface area contributed by atoms with E-state index in [9.17, 15) is 14.4 Å². The monoisotopic (exact) mass is 307 g/mol. The van der Waals surface area contributed by atoms with Crippen LogP contribution in [0.5, 0.6) is 0 Å². The molecule has 1 rings (SSSR count). The lowest BCUT2D eigenvalue weighted by atomic mass is 10.0. The third kappa shape index (κ3) is 5.17. The number of ether oxygens (including phenoxy) is 1. The fourth-order valence-electron chi connectivity index (χ4n) is 1.91. The van der Waals surface area contributed by atoms with Gasteiger partial charge in [-0.25, -0.2) is 4.79 Å². The molecule has 0 radical (unpaired) electrons. The Hall–Kier alpha value is -2.41. The molecule has 1 aromatic carbocycles. The summed E-state index contributed by atoms with van der Waals surface area (Å²) in [7, 11) is 4.65. The van der Waals surface area contributed by atoms with E-state index in [0.29, 0.717) is 11.3 Å². The molecule has 0 spiro atoms. The van der Waals surface area contributed by atoms with Crippen molar-refractivity contribution in [1.82, 2.24) is 10.2 Å². The summed E-state index contributed by atoms with van der Waals surface area (Å²) in [5.74, 6) is -1.37. The highest BCUT2D eigenvalue weighted by atomic mass is 16.5. The summed E-state index contributed by atoms with van der Waals surface area (Å²) < 4.78 is 4.63. The second-order valence-electron chi connectivity index (χ2n) is 5.10. The van der Waals surface area contributed by atoms with Crippen molar-refractivity contribution in [3.05, 3.63) is 29.8 Å². The molecular weight excluding hydrogens is 286 g/mol. The Morgan fingerprint density at radius 2 is 1.91 bits per heavy atom. The number of nitrogen functional groups attached to an aromatic ring is 1. The van der Waals surface area contributed by atoms with Crippen LogP contribution in [0, 0.1) is 0 Å². The molecule has 0 fully saturated rings. The first-order valence-corrected chi connectivity index (χ1v) is 6.74. The summed E-state index contributed by atoms with van der Waals surface area (Å²) >= 11 is 0. The van der Waals surface area contributed by atoms with Gasteiger partial charge in [0.15, 0.2) is 5.78 Å². The van der Waals surface area contributed by atoms with E-state index in [4.69, 9.17) is 5.73 Å². The van der Waals surface area contributed by atoms with E-state index < -0.39 is 12.0 Å². The smallest absolute Gasteiger partial charge is 0.328 e. The molecule has 0 bridgehead atoms. The number of benzene rings is 1. The fourth-order valence-corrected chi connectivity index (χ4v) is 1.91. The van der Waals surface area contributed by atoms with Gasteiger partial charge in [0, 0.05) is 17.7 Å². The molecule has 22 heavy (non-hydrogen) atoms. The van der Waals surface area contributed by atoms with Gasteiger partial charge in [0.1, 0.15) is 6.04 Å². The Bertz CT molecular complexity index is 557. The van der Waals surface area contributed by atoms with Crippen molar-refractivity contribution in [1.29, 1.82) is 0 Å². The number of amides is 1. The minimum Gasteiger partial charge on any atom is -0.467 e. The van der Waals surface area contributed by atoms with Crippen LogP contribution in [-0.2, 0) is 14.3 Å². The topological polar surface area (TPSA) is 102 Å². The third-order valence-electron chi connectivity index (χ3n) is 2.93. The number of carbonyl (C=O) groups excluding carboxylic acids is 3. The number of anilines is 1. The summed E-state index contributed by atoms with van der Waals surface area (Å²) in [6, 6.07) is 5.53. The molecule has 0 aliphatic rings. The summed E-state index contributed by atoms with van der Waals surface area (Å²) in [4.78, 5) is 37.4. The first-order valence-electron chi connectivity index (χ1n) is 6.74. The van der Waals surface area contributed by atoms with Gasteiger partial charge in [-0.3, -0.25) is 9.59 Å². The zero-order valence-electron chi connectivity index (χ0n) is 13.0. The van der Waals surface area contributed by atoms with Gasteiger partial charge in [-0.2, -0.15) is 0 Å². The molecule has 0 saturated carbocycles. The standard InChI is InChI=1S/C15H21N3O4/c1-18(2)9-14(20)17-12(15(21)22-3)8-13(19)10-6-4-5-7-11(10)16/h4-7,12H,8-9,16H2,1-3H3,(H,17,20). The number of hydrogen-bond acceptors (Lipinski definition) is 6. The molecule has 1 unspecified atom stereocenters. The number of esters is 1. The van der Waals surface area contributed by atoms with Crippen LogP contribution in [0.15, 0.2) is 24.3 Å². The number of rotatable bonds is 7. The van der Waals surface area contributed by atoms with E-state index in [1.807, 2.05) is 0 Å². The van der Waals surface area contributed by atoms with Crippen molar-refractivity contribution in [2.45, 2.75) is 12.5 Å². The number of nitrogens with zero attached hydrogens (tertiary/aromatic N) is 1. The van der Waals surface area contributed by atoms with Gasteiger partial charge < -0.3 is 20.7 Å². The quantitative estimate of drug-likeness (QED) is 0.420. The van der Waals surface area contributed by atoms with Gasteiger partial charge in [-0.1, -0.05) is 12.1 Å². The van der Waals surface area contributed by atoms with Crippen LogP contribution in [0.2, 0.25) is 0 Å². The number of carbonyl (C=O) groups is 3. The number of methoxy groups -OCH3 is 1. The minimum atomic E-state index is -1.04. The zero-order chi connectivity index (χ0) is 16.7. The molecule has 120 valence electrons. The third-order valence-corrected chi connectivity index (χ3v) is 2.93. The molecule has 1 aromatic rings. The van der Waals surface area contributed by atoms with Crippen LogP contribution in [0.1, 0.15) is 16.8 Å². The lowest BCUT2D eigenvalue weighted by Crippen LogP contribution is -2.46. The van der Waals surface area contributed by atoms with Crippen LogP contribution < -0.4 is 11.1 Å². The fraction of sp³-hybridized carbons (Fsp3) is 0.400. The first-order chi connectivity index (χ1) is 10.3. The Kier molecular flexibility index (Phi) is 6.52. The molecule has 0 heterocycles. The van der Waals surface area contributed by atoms with Crippen molar-refractivity contribution in [2.75, 3.05) is 33.5 Å². The lowest BCUT2D eigenvalue weighted by molar-refractivity contribution is -0.145. The van der Waals surface area contributed by atoms with Crippen molar-refractivity contribution < 1.29 is 19.1 Å². The molecule has 7 heteroatoms. The molecule has 3 N–H and O–H groups in total. The van der Waals surface area contributed by atoms with Crippen LogP contribution in [0.3, 0.4) is 0 Å². The van der Waals surface area contributed by atoms with E-state index >= 15 is 0 Å². The Morgan fingerprint density at radius 3 is 2.45 bits per heavy atom. The number of Topliss-reactive ketones (excluding diaryl/α,β-unsaturated/α-hetero) is 1.